The molecule has 0 N–H and O–H groups in total. The van der Waals surface area contributed by atoms with Crippen LogP contribution in [-0.2, 0) is 11.8 Å². The van der Waals surface area contributed by atoms with Crippen LogP contribution in [-0.4, -0.2) is 39.2 Å². The Kier molecular flexibility index (Phi) is 3.06. The minimum atomic E-state index is -0.411. The van der Waals surface area contributed by atoms with Crippen molar-refractivity contribution < 1.29 is 9.53 Å². The molecule has 6 nitrogen and oxygen atoms in total. The summed E-state index contributed by atoms with van der Waals surface area (Å²) < 4.78 is 6.77. The maximum atomic E-state index is 12.7. The molecule has 0 radical (unpaired) electrons. The largest absolute Gasteiger partial charge is 0.359 e. The van der Waals surface area contributed by atoms with Crippen molar-refractivity contribution in [2.75, 3.05) is 13.3 Å². The molecule has 6 heteroatoms. The SMILES string of the molecule is Cn1c(=O)c(C(=O)N2COCC2(C)C)cc2cccnc21. The van der Waals surface area contributed by atoms with Gasteiger partial charge in [0.2, 0.25) is 0 Å². The van der Waals surface area contributed by atoms with Gasteiger partial charge >= 0.3 is 0 Å². The van der Waals surface area contributed by atoms with Crippen molar-refractivity contribution in [3.05, 3.63) is 40.3 Å². The Balaban J connectivity index is 2.15. The zero-order chi connectivity index (χ0) is 15.2. The smallest absolute Gasteiger partial charge is 0.264 e. The summed E-state index contributed by atoms with van der Waals surface area (Å²) in [4.78, 5) is 30.9. The Morgan fingerprint density at radius 1 is 1.43 bits per heavy atom. The van der Waals surface area contributed by atoms with E-state index in [0.717, 1.165) is 5.39 Å². The zero-order valence-corrected chi connectivity index (χ0v) is 12.3. The molecule has 1 aliphatic heterocycles. The Hall–Kier alpha value is -2.21. The molecule has 1 saturated heterocycles. The van der Waals surface area contributed by atoms with Crippen molar-refractivity contribution >= 4 is 16.9 Å². The lowest BCUT2D eigenvalue weighted by Crippen LogP contribution is -2.46. The number of pyridine rings is 2. The van der Waals surface area contributed by atoms with Crippen molar-refractivity contribution in [1.29, 1.82) is 0 Å². The van der Waals surface area contributed by atoms with E-state index in [0.29, 0.717) is 12.3 Å². The van der Waals surface area contributed by atoms with Crippen LogP contribution >= 0.6 is 0 Å². The van der Waals surface area contributed by atoms with Gasteiger partial charge < -0.3 is 9.64 Å². The van der Waals surface area contributed by atoms with Crippen molar-refractivity contribution in [2.24, 2.45) is 7.05 Å². The highest BCUT2D eigenvalue weighted by molar-refractivity contribution is 5.97. The average molecular weight is 287 g/mol. The summed E-state index contributed by atoms with van der Waals surface area (Å²) in [7, 11) is 1.63. The van der Waals surface area contributed by atoms with E-state index in [2.05, 4.69) is 4.98 Å². The molecule has 0 unspecified atom stereocenters. The molecular weight excluding hydrogens is 270 g/mol. The van der Waals surface area contributed by atoms with E-state index in [1.54, 1.807) is 30.3 Å². The highest BCUT2D eigenvalue weighted by atomic mass is 16.5. The summed E-state index contributed by atoms with van der Waals surface area (Å²) in [6.07, 6.45) is 1.63. The molecule has 0 bridgehead atoms. The number of nitrogens with zero attached hydrogens (tertiary/aromatic N) is 3. The highest BCUT2D eigenvalue weighted by Gasteiger charge is 2.38. The first-order chi connectivity index (χ1) is 9.92. The van der Waals surface area contributed by atoms with Crippen molar-refractivity contribution in [1.82, 2.24) is 14.5 Å². The predicted octanol–water partition coefficient (Wildman–Crippen LogP) is 1.14. The molecule has 0 spiro atoms. The van der Waals surface area contributed by atoms with Gasteiger partial charge in [-0.05, 0) is 32.0 Å². The van der Waals surface area contributed by atoms with Crippen LogP contribution in [0.1, 0.15) is 24.2 Å². The predicted molar refractivity (Wildman–Crippen MR) is 78.1 cm³/mol. The van der Waals surface area contributed by atoms with E-state index in [-0.39, 0.29) is 23.8 Å². The molecule has 1 amide bonds. The fraction of sp³-hybridized carbons (Fsp3) is 0.400. The molecule has 2 aromatic rings. The first-order valence-corrected chi connectivity index (χ1v) is 6.76. The van der Waals surface area contributed by atoms with E-state index in [4.69, 9.17) is 4.74 Å². The maximum Gasteiger partial charge on any atom is 0.264 e. The second-order valence-corrected chi connectivity index (χ2v) is 5.86. The number of hydrogen-bond acceptors (Lipinski definition) is 4. The third-order valence-corrected chi connectivity index (χ3v) is 3.85. The summed E-state index contributed by atoms with van der Waals surface area (Å²) in [5.41, 5.74) is -0.0344. The quantitative estimate of drug-likeness (QED) is 0.789. The number of amides is 1. The lowest BCUT2D eigenvalue weighted by Gasteiger charge is -2.29. The van der Waals surface area contributed by atoms with E-state index in [1.165, 1.54) is 4.57 Å². The lowest BCUT2D eigenvalue weighted by atomic mass is 10.0. The topological polar surface area (TPSA) is 64.4 Å². The molecule has 0 atom stereocenters. The molecule has 0 aliphatic carbocycles. The van der Waals surface area contributed by atoms with Crippen LogP contribution in [0, 0.1) is 0 Å². The molecule has 3 rings (SSSR count). The zero-order valence-electron chi connectivity index (χ0n) is 12.3. The summed E-state index contributed by atoms with van der Waals surface area (Å²) in [5, 5.41) is 0.765. The summed E-state index contributed by atoms with van der Waals surface area (Å²) in [6, 6.07) is 5.23. The highest BCUT2D eigenvalue weighted by Crippen LogP contribution is 2.23. The normalized spacial score (nSPS) is 17.4. The molecule has 1 fully saturated rings. The van der Waals surface area contributed by atoms with Crippen molar-refractivity contribution in [3.63, 3.8) is 0 Å². The van der Waals surface area contributed by atoms with Gasteiger partial charge in [0, 0.05) is 18.6 Å². The Morgan fingerprint density at radius 2 is 2.19 bits per heavy atom. The lowest BCUT2D eigenvalue weighted by molar-refractivity contribution is 0.0603. The van der Waals surface area contributed by atoms with Gasteiger partial charge in [-0.3, -0.25) is 14.2 Å². The van der Waals surface area contributed by atoms with E-state index < -0.39 is 5.54 Å². The maximum absolute atomic E-state index is 12.7. The summed E-state index contributed by atoms with van der Waals surface area (Å²) in [5.74, 6) is -0.302. The van der Waals surface area contributed by atoms with Gasteiger partial charge in [0.15, 0.2) is 0 Å². The van der Waals surface area contributed by atoms with Crippen LogP contribution in [0.15, 0.2) is 29.2 Å². The average Bonchev–Trinajstić information content (AvgIpc) is 2.81. The number of ether oxygens (including phenoxy) is 1. The second kappa shape index (κ2) is 4.66. The number of rotatable bonds is 1. The van der Waals surface area contributed by atoms with E-state index >= 15 is 0 Å². The van der Waals surface area contributed by atoms with Crippen molar-refractivity contribution in [2.45, 2.75) is 19.4 Å². The van der Waals surface area contributed by atoms with Crippen LogP contribution < -0.4 is 5.56 Å². The van der Waals surface area contributed by atoms with Gasteiger partial charge in [-0.1, -0.05) is 0 Å². The van der Waals surface area contributed by atoms with Gasteiger partial charge in [-0.2, -0.15) is 0 Å². The molecule has 3 heterocycles. The molecule has 1 aliphatic rings. The third-order valence-electron chi connectivity index (χ3n) is 3.85. The minimum absolute atomic E-state index is 0.150. The fourth-order valence-electron chi connectivity index (χ4n) is 2.57. The Morgan fingerprint density at radius 3 is 2.86 bits per heavy atom. The second-order valence-electron chi connectivity index (χ2n) is 5.86. The van der Waals surface area contributed by atoms with Crippen LogP contribution in [0.25, 0.3) is 11.0 Å². The minimum Gasteiger partial charge on any atom is -0.359 e. The number of carbonyl (C=O) groups excluding carboxylic acids is 1. The van der Waals surface area contributed by atoms with Crippen LogP contribution in [0.5, 0.6) is 0 Å². The van der Waals surface area contributed by atoms with Gasteiger partial charge in [-0.25, -0.2) is 4.98 Å². The fourth-order valence-corrected chi connectivity index (χ4v) is 2.57. The van der Waals surface area contributed by atoms with Gasteiger partial charge in [0.1, 0.15) is 17.9 Å². The number of fused-ring (bicyclic) bond motifs is 1. The van der Waals surface area contributed by atoms with Crippen molar-refractivity contribution in [3.8, 4) is 0 Å². The molecule has 21 heavy (non-hydrogen) atoms. The van der Waals surface area contributed by atoms with E-state index in [1.807, 2.05) is 19.9 Å². The number of carbonyl (C=O) groups is 1. The number of hydrogen-bond donors (Lipinski definition) is 0. The first-order valence-electron chi connectivity index (χ1n) is 6.76. The van der Waals surface area contributed by atoms with Crippen LogP contribution in [0.2, 0.25) is 0 Å². The molecular formula is C15H17N3O3. The first kappa shape index (κ1) is 13.8. The monoisotopic (exact) mass is 287 g/mol. The number of aromatic nitrogens is 2. The number of aryl methyl sites for hydroxylation is 1. The Bertz CT molecular complexity index is 779. The molecule has 0 saturated carbocycles. The van der Waals surface area contributed by atoms with Gasteiger partial charge in [0.25, 0.3) is 11.5 Å². The summed E-state index contributed by atoms with van der Waals surface area (Å²) in [6.45, 7) is 4.52. The molecule has 2 aromatic heterocycles. The van der Waals surface area contributed by atoms with Crippen LogP contribution in [0.4, 0.5) is 0 Å². The van der Waals surface area contributed by atoms with Crippen LogP contribution in [0.3, 0.4) is 0 Å². The van der Waals surface area contributed by atoms with Gasteiger partial charge in [-0.15, -0.1) is 0 Å². The Labute approximate surface area is 122 Å². The van der Waals surface area contributed by atoms with E-state index in [9.17, 15) is 9.59 Å². The third kappa shape index (κ3) is 2.12. The summed E-state index contributed by atoms with van der Waals surface area (Å²) >= 11 is 0. The molecule has 0 aromatic carbocycles. The van der Waals surface area contributed by atoms with Gasteiger partial charge in [0.05, 0.1) is 12.1 Å². The standard InChI is InChI=1S/C15H17N3O3/c1-15(2)8-21-9-18(15)14(20)11-7-10-5-4-6-16-12(10)17(3)13(11)19/h4-7H,8-9H2,1-3H3. The molecule has 110 valence electrons.